The topological polar surface area (TPSA) is 34.9 Å². The maximum atomic E-state index is 11.7. The summed E-state index contributed by atoms with van der Waals surface area (Å²) in [6.07, 6.45) is 0.858. The first-order chi connectivity index (χ1) is 6.06. The number of aromatic nitrogens is 2. The summed E-state index contributed by atoms with van der Waals surface area (Å²) in [5.74, 6) is 0.145. The van der Waals surface area contributed by atoms with Crippen molar-refractivity contribution < 1.29 is 4.79 Å². The number of rotatable bonds is 2. The molecule has 3 heteroatoms. The molecule has 3 nitrogen and oxygen atoms in total. The third-order valence-corrected chi connectivity index (χ3v) is 2.25. The number of aryl methyl sites for hydroxylation is 2. The van der Waals surface area contributed by atoms with Gasteiger partial charge in [0, 0.05) is 11.6 Å². The van der Waals surface area contributed by atoms with E-state index in [2.05, 4.69) is 5.10 Å². The van der Waals surface area contributed by atoms with Crippen LogP contribution < -0.4 is 0 Å². The van der Waals surface area contributed by atoms with E-state index in [9.17, 15) is 4.79 Å². The van der Waals surface area contributed by atoms with Gasteiger partial charge >= 0.3 is 0 Å². The van der Waals surface area contributed by atoms with Crippen molar-refractivity contribution in [2.24, 2.45) is 5.92 Å². The Morgan fingerprint density at radius 1 is 1.62 bits per heavy atom. The quantitative estimate of drug-likeness (QED) is 0.699. The van der Waals surface area contributed by atoms with Gasteiger partial charge < -0.3 is 0 Å². The van der Waals surface area contributed by atoms with Gasteiger partial charge in [0.15, 0.2) is 0 Å². The normalized spacial score (nSPS) is 12.9. The molecular formula is C10H16N2O. The van der Waals surface area contributed by atoms with Crippen LogP contribution in [0.5, 0.6) is 0 Å². The monoisotopic (exact) mass is 180 g/mol. The molecule has 0 aromatic carbocycles. The standard InChI is InChI=1S/C10H16N2O/c1-5-7(2)10(13)12-9(4)6-8(3)11-12/h6-7H,5H2,1-4H3. The van der Waals surface area contributed by atoms with Crippen LogP contribution in [0.1, 0.15) is 36.5 Å². The molecule has 0 saturated heterocycles. The van der Waals surface area contributed by atoms with E-state index in [4.69, 9.17) is 0 Å². The largest absolute Gasteiger partial charge is 0.272 e. The molecule has 0 amide bonds. The molecule has 0 N–H and O–H groups in total. The lowest BCUT2D eigenvalue weighted by Crippen LogP contribution is -2.21. The van der Waals surface area contributed by atoms with Crippen molar-refractivity contribution in [1.82, 2.24) is 9.78 Å². The third kappa shape index (κ3) is 1.97. The zero-order valence-corrected chi connectivity index (χ0v) is 8.66. The van der Waals surface area contributed by atoms with Crippen molar-refractivity contribution in [1.29, 1.82) is 0 Å². The molecule has 1 heterocycles. The van der Waals surface area contributed by atoms with Gasteiger partial charge in [-0.2, -0.15) is 5.10 Å². The van der Waals surface area contributed by atoms with Crippen molar-refractivity contribution in [2.45, 2.75) is 34.1 Å². The fraction of sp³-hybridized carbons (Fsp3) is 0.600. The third-order valence-electron chi connectivity index (χ3n) is 2.25. The zero-order chi connectivity index (χ0) is 10.0. The molecule has 1 unspecified atom stereocenters. The van der Waals surface area contributed by atoms with Crippen LogP contribution in [-0.4, -0.2) is 15.7 Å². The Morgan fingerprint density at radius 2 is 2.23 bits per heavy atom. The Morgan fingerprint density at radius 3 is 2.62 bits per heavy atom. The Kier molecular flexibility index (Phi) is 2.86. The molecular weight excluding hydrogens is 164 g/mol. The van der Waals surface area contributed by atoms with Gasteiger partial charge in [-0.05, 0) is 26.3 Å². The number of hydrogen-bond acceptors (Lipinski definition) is 2. The van der Waals surface area contributed by atoms with E-state index in [1.54, 1.807) is 0 Å². The summed E-state index contributed by atoms with van der Waals surface area (Å²) in [7, 11) is 0. The van der Waals surface area contributed by atoms with Crippen LogP contribution in [0.15, 0.2) is 6.07 Å². The van der Waals surface area contributed by atoms with E-state index in [1.807, 2.05) is 33.8 Å². The predicted octanol–water partition coefficient (Wildman–Crippen LogP) is 2.19. The average molecular weight is 180 g/mol. The van der Waals surface area contributed by atoms with Crippen molar-refractivity contribution >= 4 is 5.91 Å². The lowest BCUT2D eigenvalue weighted by atomic mass is 10.1. The van der Waals surface area contributed by atoms with Crippen LogP contribution in [0.2, 0.25) is 0 Å². The molecule has 0 radical (unpaired) electrons. The summed E-state index contributed by atoms with van der Waals surface area (Å²) in [5, 5.41) is 4.15. The first-order valence-electron chi connectivity index (χ1n) is 4.63. The lowest BCUT2D eigenvalue weighted by Gasteiger charge is -2.07. The SMILES string of the molecule is CCC(C)C(=O)n1nc(C)cc1C. The Hall–Kier alpha value is -1.12. The minimum Gasteiger partial charge on any atom is -0.272 e. The minimum atomic E-state index is 0.0537. The zero-order valence-electron chi connectivity index (χ0n) is 8.66. The lowest BCUT2D eigenvalue weighted by molar-refractivity contribution is 0.0822. The van der Waals surface area contributed by atoms with E-state index < -0.39 is 0 Å². The summed E-state index contributed by atoms with van der Waals surface area (Å²) in [6, 6.07) is 1.92. The number of carbonyl (C=O) groups is 1. The first-order valence-corrected chi connectivity index (χ1v) is 4.63. The summed E-state index contributed by atoms with van der Waals surface area (Å²) in [5.41, 5.74) is 1.82. The summed E-state index contributed by atoms with van der Waals surface area (Å²) < 4.78 is 1.50. The summed E-state index contributed by atoms with van der Waals surface area (Å²) in [4.78, 5) is 11.7. The fourth-order valence-corrected chi connectivity index (χ4v) is 1.24. The van der Waals surface area contributed by atoms with E-state index >= 15 is 0 Å². The van der Waals surface area contributed by atoms with Gasteiger partial charge in [-0.15, -0.1) is 0 Å². The number of carbonyl (C=O) groups excluding carboxylic acids is 1. The van der Waals surface area contributed by atoms with Crippen molar-refractivity contribution in [3.63, 3.8) is 0 Å². The van der Waals surface area contributed by atoms with Crippen LogP contribution in [0.3, 0.4) is 0 Å². The van der Waals surface area contributed by atoms with E-state index in [0.717, 1.165) is 17.8 Å². The van der Waals surface area contributed by atoms with Gasteiger partial charge in [0.05, 0.1) is 5.69 Å². The van der Waals surface area contributed by atoms with Gasteiger partial charge in [0.1, 0.15) is 0 Å². The highest BCUT2D eigenvalue weighted by Gasteiger charge is 2.15. The molecule has 0 bridgehead atoms. The van der Waals surface area contributed by atoms with E-state index in [-0.39, 0.29) is 11.8 Å². The predicted molar refractivity (Wildman–Crippen MR) is 51.8 cm³/mol. The molecule has 1 rings (SSSR count). The van der Waals surface area contributed by atoms with Crippen molar-refractivity contribution in [2.75, 3.05) is 0 Å². The second-order valence-corrected chi connectivity index (χ2v) is 3.49. The van der Waals surface area contributed by atoms with Gasteiger partial charge in [-0.3, -0.25) is 4.79 Å². The molecule has 0 aliphatic heterocycles. The van der Waals surface area contributed by atoms with Gasteiger partial charge in [-0.1, -0.05) is 13.8 Å². The smallest absolute Gasteiger partial charge is 0.249 e. The highest BCUT2D eigenvalue weighted by Crippen LogP contribution is 2.08. The van der Waals surface area contributed by atoms with Crippen LogP contribution in [0.25, 0.3) is 0 Å². The molecule has 1 aromatic heterocycles. The minimum absolute atomic E-state index is 0.0537. The second kappa shape index (κ2) is 3.73. The van der Waals surface area contributed by atoms with Crippen LogP contribution >= 0.6 is 0 Å². The average Bonchev–Trinajstić information content (AvgIpc) is 2.42. The van der Waals surface area contributed by atoms with Gasteiger partial charge in [-0.25, -0.2) is 4.68 Å². The van der Waals surface area contributed by atoms with E-state index in [1.165, 1.54) is 4.68 Å². The maximum absolute atomic E-state index is 11.7. The molecule has 0 saturated carbocycles. The highest BCUT2D eigenvalue weighted by atomic mass is 16.2. The van der Waals surface area contributed by atoms with Gasteiger partial charge in [0.25, 0.3) is 0 Å². The molecule has 0 aliphatic rings. The Balaban J connectivity index is 2.94. The summed E-state index contributed by atoms with van der Waals surface area (Å²) >= 11 is 0. The molecule has 0 aliphatic carbocycles. The fourth-order valence-electron chi connectivity index (χ4n) is 1.24. The molecule has 13 heavy (non-hydrogen) atoms. The van der Waals surface area contributed by atoms with E-state index in [0.29, 0.717) is 0 Å². The number of nitrogens with zero attached hydrogens (tertiary/aromatic N) is 2. The molecule has 0 spiro atoms. The van der Waals surface area contributed by atoms with Crippen LogP contribution in [0.4, 0.5) is 0 Å². The molecule has 0 fully saturated rings. The molecule has 1 atom stereocenters. The number of hydrogen-bond donors (Lipinski definition) is 0. The van der Waals surface area contributed by atoms with Gasteiger partial charge in [0.2, 0.25) is 5.91 Å². The summed E-state index contributed by atoms with van der Waals surface area (Å²) in [6.45, 7) is 7.74. The second-order valence-electron chi connectivity index (χ2n) is 3.49. The van der Waals surface area contributed by atoms with Crippen LogP contribution in [-0.2, 0) is 0 Å². The maximum Gasteiger partial charge on any atom is 0.249 e. The molecule has 72 valence electrons. The van der Waals surface area contributed by atoms with Crippen LogP contribution in [0, 0.1) is 19.8 Å². The first kappa shape index (κ1) is 9.96. The Bertz CT molecular complexity index is 315. The molecule has 1 aromatic rings. The van der Waals surface area contributed by atoms with Crippen molar-refractivity contribution in [3.8, 4) is 0 Å². The Labute approximate surface area is 78.8 Å². The van der Waals surface area contributed by atoms with Crippen molar-refractivity contribution in [3.05, 3.63) is 17.5 Å². The highest BCUT2D eigenvalue weighted by molar-refractivity contribution is 5.80.